The van der Waals surface area contributed by atoms with Gasteiger partial charge in [-0.05, 0) is 30.0 Å². The van der Waals surface area contributed by atoms with Crippen LogP contribution in [0.15, 0.2) is 24.5 Å². The van der Waals surface area contributed by atoms with Crippen molar-refractivity contribution < 1.29 is 19.7 Å². The fourth-order valence-electron chi connectivity index (χ4n) is 4.53. The van der Waals surface area contributed by atoms with Crippen LogP contribution in [0.1, 0.15) is 16.8 Å². The summed E-state index contributed by atoms with van der Waals surface area (Å²) in [7, 11) is 3.37. The van der Waals surface area contributed by atoms with E-state index in [-0.39, 0.29) is 23.8 Å². The van der Waals surface area contributed by atoms with E-state index in [0.29, 0.717) is 32.1 Å². The Hall–Kier alpha value is -2.96. The first-order valence-corrected chi connectivity index (χ1v) is 11.5. The minimum atomic E-state index is 0. The number of ether oxygens (including phenoxy) is 2. The summed E-state index contributed by atoms with van der Waals surface area (Å²) in [5.74, 6) is 1.28. The molecule has 1 aliphatic rings. The van der Waals surface area contributed by atoms with Crippen molar-refractivity contribution in [3.63, 3.8) is 0 Å². The second-order valence-corrected chi connectivity index (χ2v) is 9.25. The quantitative estimate of drug-likeness (QED) is 0.397. The van der Waals surface area contributed by atoms with E-state index in [2.05, 4.69) is 39.4 Å². The first-order chi connectivity index (χ1) is 16.0. The molecule has 0 bridgehead atoms. The first-order valence-electron chi connectivity index (χ1n) is 10.7. The molecule has 0 unspecified atom stereocenters. The van der Waals surface area contributed by atoms with Crippen molar-refractivity contribution in [2.45, 2.75) is 20.1 Å². The zero-order valence-electron chi connectivity index (χ0n) is 19.8. The van der Waals surface area contributed by atoms with Crippen LogP contribution in [0.25, 0.3) is 26.0 Å². The van der Waals surface area contributed by atoms with Gasteiger partial charge in [0.1, 0.15) is 17.6 Å². The van der Waals surface area contributed by atoms with Crippen LogP contribution in [0.3, 0.4) is 0 Å². The molecule has 12 heteroatoms. The lowest BCUT2D eigenvalue weighted by atomic mass is 10.1. The SMILES string of the molecule is COCc1c(-c2cc3cc(C)cc(OC)c3s2)c2c(N)ncnn2c1CN1CCNC(=O)C1.Cl.O. The van der Waals surface area contributed by atoms with Crippen LogP contribution in [0.2, 0.25) is 0 Å². The third-order valence-electron chi connectivity index (χ3n) is 5.93. The maximum Gasteiger partial charge on any atom is 0.234 e. The normalized spacial score (nSPS) is 14.0. The summed E-state index contributed by atoms with van der Waals surface area (Å²) < 4.78 is 14.2. The molecule has 0 radical (unpaired) electrons. The van der Waals surface area contributed by atoms with E-state index in [1.807, 2.05) is 10.6 Å². The molecule has 1 fully saturated rings. The minimum Gasteiger partial charge on any atom is -0.495 e. The molecule has 188 valence electrons. The van der Waals surface area contributed by atoms with E-state index < -0.39 is 0 Å². The predicted molar refractivity (Wildman–Crippen MR) is 139 cm³/mol. The summed E-state index contributed by atoms with van der Waals surface area (Å²) >= 11 is 1.65. The van der Waals surface area contributed by atoms with Crippen molar-refractivity contribution in [3.05, 3.63) is 41.3 Å². The summed E-state index contributed by atoms with van der Waals surface area (Å²) in [5, 5.41) is 8.53. The first kappa shape index (κ1) is 26.6. The molecule has 1 saturated heterocycles. The number of fused-ring (bicyclic) bond motifs is 2. The smallest absolute Gasteiger partial charge is 0.234 e. The molecule has 5 N–H and O–H groups in total. The standard InChI is InChI=1S/C23H26N6O3S.ClH.H2O/c1-13-6-14-8-18(33-22(14)17(7-13)32-3)20-15(11-31-2)16(9-28-5-4-25-19(30)10-28)29-21(20)23(24)26-12-27-29;;/h6-8,12H,4-5,9-11H2,1-3H3,(H,25,30)(H2,24,26,27);1H;1H2. The highest BCUT2D eigenvalue weighted by atomic mass is 35.5. The number of hydrogen-bond acceptors (Lipinski definition) is 8. The number of rotatable bonds is 6. The Morgan fingerprint density at radius 1 is 1.26 bits per heavy atom. The van der Waals surface area contributed by atoms with Crippen LogP contribution in [0.4, 0.5) is 5.82 Å². The highest BCUT2D eigenvalue weighted by molar-refractivity contribution is 7.22. The van der Waals surface area contributed by atoms with E-state index in [0.717, 1.165) is 55.2 Å². The molecule has 0 atom stereocenters. The van der Waals surface area contributed by atoms with Gasteiger partial charge in [-0.2, -0.15) is 5.10 Å². The molecule has 3 aromatic heterocycles. The van der Waals surface area contributed by atoms with E-state index in [4.69, 9.17) is 15.2 Å². The zero-order chi connectivity index (χ0) is 23.1. The number of amides is 1. The van der Waals surface area contributed by atoms with Gasteiger partial charge in [0, 0.05) is 42.7 Å². The molecule has 0 saturated carbocycles. The Balaban J connectivity index is 0.00000171. The molecule has 4 heterocycles. The number of anilines is 1. The van der Waals surface area contributed by atoms with E-state index in [1.165, 1.54) is 6.33 Å². The number of carbonyl (C=O) groups is 1. The molecular weight excluding hydrogens is 492 g/mol. The van der Waals surface area contributed by atoms with Gasteiger partial charge in [0.05, 0.1) is 30.7 Å². The number of benzene rings is 1. The van der Waals surface area contributed by atoms with Crippen molar-refractivity contribution in [2.24, 2.45) is 0 Å². The second kappa shape index (κ2) is 10.8. The Kier molecular flexibility index (Phi) is 8.18. The Bertz CT molecular complexity index is 1370. The van der Waals surface area contributed by atoms with Gasteiger partial charge in [-0.1, -0.05) is 6.07 Å². The number of aromatic nitrogens is 3. The van der Waals surface area contributed by atoms with Crippen molar-refractivity contribution in [2.75, 3.05) is 39.6 Å². The van der Waals surface area contributed by atoms with Gasteiger partial charge in [0.25, 0.3) is 0 Å². The molecule has 35 heavy (non-hydrogen) atoms. The van der Waals surface area contributed by atoms with Crippen molar-refractivity contribution in [3.8, 4) is 16.2 Å². The maximum atomic E-state index is 12.0. The highest BCUT2D eigenvalue weighted by Crippen LogP contribution is 2.44. The van der Waals surface area contributed by atoms with Gasteiger partial charge in [0.15, 0.2) is 5.82 Å². The fraction of sp³-hybridized carbons (Fsp3) is 0.348. The monoisotopic (exact) mass is 520 g/mol. The Morgan fingerprint density at radius 3 is 2.77 bits per heavy atom. The van der Waals surface area contributed by atoms with Crippen LogP contribution in [0, 0.1) is 6.92 Å². The summed E-state index contributed by atoms with van der Waals surface area (Å²) in [6.07, 6.45) is 1.46. The number of hydrogen-bond donors (Lipinski definition) is 2. The molecule has 1 amide bonds. The van der Waals surface area contributed by atoms with E-state index in [1.54, 1.807) is 25.6 Å². The van der Waals surface area contributed by atoms with Crippen LogP contribution in [-0.4, -0.2) is 64.7 Å². The molecule has 0 aliphatic carbocycles. The molecule has 0 spiro atoms. The number of piperazine rings is 1. The molecule has 1 aliphatic heterocycles. The molecule has 10 nitrogen and oxygen atoms in total. The van der Waals surface area contributed by atoms with Gasteiger partial charge >= 0.3 is 0 Å². The molecular formula is C23H29ClN6O4S. The van der Waals surface area contributed by atoms with Gasteiger partial charge in [-0.25, -0.2) is 9.50 Å². The van der Waals surface area contributed by atoms with Crippen molar-refractivity contribution in [1.29, 1.82) is 0 Å². The third-order valence-corrected chi connectivity index (χ3v) is 7.12. The minimum absolute atomic E-state index is 0. The summed E-state index contributed by atoms with van der Waals surface area (Å²) in [5.41, 5.74) is 11.2. The van der Waals surface area contributed by atoms with Crippen LogP contribution in [0.5, 0.6) is 5.75 Å². The second-order valence-electron chi connectivity index (χ2n) is 8.20. The van der Waals surface area contributed by atoms with E-state index in [9.17, 15) is 4.79 Å². The lowest BCUT2D eigenvalue weighted by Crippen LogP contribution is -2.47. The lowest BCUT2D eigenvalue weighted by Gasteiger charge is -2.26. The predicted octanol–water partition coefficient (Wildman–Crippen LogP) is 2.19. The largest absolute Gasteiger partial charge is 0.495 e. The van der Waals surface area contributed by atoms with E-state index >= 15 is 0 Å². The van der Waals surface area contributed by atoms with Gasteiger partial charge in [-0.15, -0.1) is 23.7 Å². The van der Waals surface area contributed by atoms with Crippen LogP contribution < -0.4 is 15.8 Å². The Labute approximate surface area is 212 Å². The molecule has 4 aromatic rings. The lowest BCUT2D eigenvalue weighted by molar-refractivity contribution is -0.124. The molecule has 1 aromatic carbocycles. The summed E-state index contributed by atoms with van der Waals surface area (Å²) in [6, 6.07) is 6.36. The highest BCUT2D eigenvalue weighted by Gasteiger charge is 2.27. The Morgan fingerprint density at radius 2 is 2.06 bits per heavy atom. The van der Waals surface area contributed by atoms with Crippen molar-refractivity contribution in [1.82, 2.24) is 24.8 Å². The average molecular weight is 521 g/mol. The fourth-order valence-corrected chi connectivity index (χ4v) is 5.73. The number of nitrogens with zero attached hydrogens (tertiary/aromatic N) is 4. The third kappa shape index (κ3) is 4.78. The zero-order valence-corrected chi connectivity index (χ0v) is 21.4. The number of carbonyl (C=O) groups excluding carboxylic acids is 1. The van der Waals surface area contributed by atoms with Gasteiger partial charge in [0.2, 0.25) is 5.91 Å². The topological polar surface area (TPSA) is 139 Å². The molecule has 5 rings (SSSR count). The summed E-state index contributed by atoms with van der Waals surface area (Å²) in [4.78, 5) is 19.4. The average Bonchev–Trinajstić information content (AvgIpc) is 3.33. The summed E-state index contributed by atoms with van der Waals surface area (Å²) in [6.45, 7) is 4.73. The van der Waals surface area contributed by atoms with Gasteiger partial charge < -0.3 is 26.0 Å². The number of thiophene rings is 1. The number of halogens is 1. The number of nitrogens with one attached hydrogen (secondary N) is 1. The number of nitrogen functional groups attached to an aromatic ring is 1. The van der Waals surface area contributed by atoms with Crippen molar-refractivity contribution >= 4 is 51.1 Å². The van der Waals surface area contributed by atoms with Gasteiger partial charge in [-0.3, -0.25) is 9.69 Å². The number of methoxy groups -OCH3 is 2. The van der Waals surface area contributed by atoms with Crippen LogP contribution in [-0.2, 0) is 22.7 Å². The number of nitrogens with two attached hydrogens (primary N) is 1. The maximum absolute atomic E-state index is 12.0. The number of aryl methyl sites for hydroxylation is 1. The van der Waals surface area contributed by atoms with Crippen LogP contribution >= 0.6 is 23.7 Å².